The molecule has 0 radical (unpaired) electrons. The molecule has 0 aliphatic rings. The van der Waals surface area contributed by atoms with Gasteiger partial charge < -0.3 is 0 Å². The molecule has 1 aromatic heterocycles. The number of aromatic nitrogens is 2. The van der Waals surface area contributed by atoms with Gasteiger partial charge in [0.2, 0.25) is 10.0 Å². The molecule has 7 nitrogen and oxygen atoms in total. The number of sulfonamides is 1. The van der Waals surface area contributed by atoms with Crippen molar-refractivity contribution in [3.05, 3.63) is 40.6 Å². The minimum Gasteiger partial charge on any atom is -0.282 e. The molecule has 0 saturated carbocycles. The first-order chi connectivity index (χ1) is 11.3. The van der Waals surface area contributed by atoms with Crippen LogP contribution in [0.25, 0.3) is 11.3 Å². The van der Waals surface area contributed by atoms with Crippen LogP contribution in [-0.4, -0.2) is 24.1 Å². The first kappa shape index (κ1) is 17.6. The van der Waals surface area contributed by atoms with Gasteiger partial charge in [-0.3, -0.25) is 4.72 Å². The molecule has 0 aliphatic heterocycles. The Labute approximate surface area is 142 Å². The third-order valence-corrected chi connectivity index (χ3v) is 4.67. The summed E-state index contributed by atoms with van der Waals surface area (Å²) in [5, 5.41) is 17.8. The van der Waals surface area contributed by atoms with Gasteiger partial charge in [-0.05, 0) is 19.1 Å². The van der Waals surface area contributed by atoms with Crippen molar-refractivity contribution in [3.63, 3.8) is 0 Å². The van der Waals surface area contributed by atoms with Gasteiger partial charge >= 0.3 is 0 Å². The fraction of sp³-hybridized carbons (Fsp3) is 0.143. The minimum absolute atomic E-state index is 0.0813. The van der Waals surface area contributed by atoms with Crippen molar-refractivity contribution in [1.82, 2.24) is 9.97 Å². The van der Waals surface area contributed by atoms with Crippen molar-refractivity contribution < 1.29 is 12.8 Å². The maximum absolute atomic E-state index is 14.3. The number of rotatable bonds is 4. The van der Waals surface area contributed by atoms with E-state index in [0.717, 1.165) is 18.5 Å². The lowest BCUT2D eigenvalue weighted by atomic mass is 10.1. The van der Waals surface area contributed by atoms with Crippen LogP contribution in [0.1, 0.15) is 18.2 Å². The maximum atomic E-state index is 14.3. The van der Waals surface area contributed by atoms with Crippen LogP contribution in [0.4, 0.5) is 10.1 Å². The Morgan fingerprint density at radius 1 is 1.29 bits per heavy atom. The lowest BCUT2D eigenvalue weighted by Gasteiger charge is -2.12. The minimum atomic E-state index is -3.68. The summed E-state index contributed by atoms with van der Waals surface area (Å²) in [6.45, 7) is 1.42. The Hall–Kier alpha value is -2.75. The summed E-state index contributed by atoms with van der Waals surface area (Å²) in [5.74, 6) is -1.06. The highest BCUT2D eigenvalue weighted by atomic mass is 35.5. The van der Waals surface area contributed by atoms with Gasteiger partial charge in [0.1, 0.15) is 29.3 Å². The van der Waals surface area contributed by atoms with Crippen LogP contribution in [0.5, 0.6) is 0 Å². The predicted octanol–water partition coefficient (Wildman–Crippen LogP) is 2.44. The fourth-order valence-electron chi connectivity index (χ4n) is 1.81. The molecular formula is C14H9ClFN5O2S. The van der Waals surface area contributed by atoms with Crippen LogP contribution < -0.4 is 4.72 Å². The molecule has 0 saturated heterocycles. The fourth-order valence-corrected chi connectivity index (χ4v) is 2.70. The molecule has 1 N–H and O–H groups in total. The van der Waals surface area contributed by atoms with E-state index in [0.29, 0.717) is 0 Å². The summed E-state index contributed by atoms with van der Waals surface area (Å²) < 4.78 is 40.0. The van der Waals surface area contributed by atoms with Crippen LogP contribution in [-0.2, 0) is 10.0 Å². The number of nitrogens with zero attached hydrogens (tertiary/aromatic N) is 4. The first-order valence-electron chi connectivity index (χ1n) is 6.48. The molecule has 24 heavy (non-hydrogen) atoms. The number of nitriles is 2. The van der Waals surface area contributed by atoms with Crippen LogP contribution in [0, 0.1) is 28.5 Å². The van der Waals surface area contributed by atoms with Crippen molar-refractivity contribution in [1.29, 1.82) is 10.5 Å². The summed E-state index contributed by atoms with van der Waals surface area (Å²) >= 11 is 5.98. The molecule has 0 unspecified atom stereocenters. The monoisotopic (exact) mass is 365 g/mol. The standard InChI is InChI=1S/C14H9ClFN5O2S/c1-2-24(22,23)21-11-4-9(10(16)3-8(11)5-17)14-13(15)12(6-18)19-7-20-14/h3-4,7,21H,2H2,1H3. The van der Waals surface area contributed by atoms with Crippen molar-refractivity contribution in [2.24, 2.45) is 0 Å². The number of hydrogen-bond donors (Lipinski definition) is 1. The highest BCUT2D eigenvalue weighted by Gasteiger charge is 2.19. The van der Waals surface area contributed by atoms with E-state index in [9.17, 15) is 12.8 Å². The van der Waals surface area contributed by atoms with E-state index in [1.165, 1.54) is 6.92 Å². The largest absolute Gasteiger partial charge is 0.282 e. The van der Waals surface area contributed by atoms with Crippen LogP contribution in [0.15, 0.2) is 18.5 Å². The van der Waals surface area contributed by atoms with Gasteiger partial charge in [0.05, 0.1) is 22.7 Å². The topological polar surface area (TPSA) is 120 Å². The molecule has 0 amide bonds. The Bertz CT molecular complexity index is 995. The second-order valence-electron chi connectivity index (χ2n) is 4.49. The normalized spacial score (nSPS) is 10.7. The van der Waals surface area contributed by atoms with Crippen molar-refractivity contribution in [2.45, 2.75) is 6.92 Å². The highest BCUT2D eigenvalue weighted by Crippen LogP contribution is 2.33. The number of halogens is 2. The number of benzene rings is 1. The van der Waals surface area contributed by atoms with Crippen molar-refractivity contribution in [3.8, 4) is 23.4 Å². The smallest absolute Gasteiger partial charge is 0.232 e. The highest BCUT2D eigenvalue weighted by molar-refractivity contribution is 7.92. The van der Waals surface area contributed by atoms with Crippen molar-refractivity contribution >= 4 is 27.3 Å². The quantitative estimate of drug-likeness (QED) is 0.888. The molecule has 1 aromatic carbocycles. The SMILES string of the molecule is CCS(=O)(=O)Nc1cc(-c2ncnc(C#N)c2Cl)c(F)cc1C#N. The van der Waals surface area contributed by atoms with E-state index in [1.807, 2.05) is 0 Å². The molecule has 1 heterocycles. The third kappa shape index (κ3) is 3.43. The predicted molar refractivity (Wildman–Crippen MR) is 84.9 cm³/mol. The van der Waals surface area contributed by atoms with Gasteiger partial charge in [-0.2, -0.15) is 10.5 Å². The molecule has 0 fully saturated rings. The molecule has 122 valence electrons. The van der Waals surface area contributed by atoms with E-state index in [-0.39, 0.29) is 39.0 Å². The molecule has 0 aliphatic carbocycles. The number of hydrogen-bond acceptors (Lipinski definition) is 6. The second kappa shape index (κ2) is 6.79. The Morgan fingerprint density at radius 3 is 2.58 bits per heavy atom. The maximum Gasteiger partial charge on any atom is 0.232 e. The second-order valence-corrected chi connectivity index (χ2v) is 6.88. The molecule has 0 bridgehead atoms. The van der Waals surface area contributed by atoms with Crippen LogP contribution >= 0.6 is 11.6 Å². The Balaban J connectivity index is 2.70. The average molecular weight is 366 g/mol. The molecule has 10 heteroatoms. The van der Waals surface area contributed by atoms with Gasteiger partial charge in [-0.15, -0.1) is 0 Å². The van der Waals surface area contributed by atoms with E-state index in [4.69, 9.17) is 22.1 Å². The zero-order valence-electron chi connectivity index (χ0n) is 12.2. The summed E-state index contributed by atoms with van der Waals surface area (Å²) in [6.07, 6.45) is 1.04. The lowest BCUT2D eigenvalue weighted by molar-refractivity contribution is 0.602. The summed E-state index contributed by atoms with van der Waals surface area (Å²) in [5.41, 5.74) is -0.696. The molecule has 2 aromatic rings. The Morgan fingerprint density at radius 2 is 2.00 bits per heavy atom. The van der Waals surface area contributed by atoms with Gasteiger partial charge in [0.25, 0.3) is 0 Å². The third-order valence-electron chi connectivity index (χ3n) is 3.02. The van der Waals surface area contributed by atoms with Crippen LogP contribution in [0.3, 0.4) is 0 Å². The number of anilines is 1. The van der Waals surface area contributed by atoms with Crippen molar-refractivity contribution in [2.75, 3.05) is 10.5 Å². The summed E-state index contributed by atoms with van der Waals surface area (Å²) in [6, 6.07) is 5.43. The van der Waals surface area contributed by atoms with E-state index < -0.39 is 15.8 Å². The molecule has 0 atom stereocenters. The Kier molecular flexibility index (Phi) is 4.98. The molecule has 2 rings (SSSR count). The van der Waals surface area contributed by atoms with Gasteiger partial charge in [-0.25, -0.2) is 22.8 Å². The zero-order valence-corrected chi connectivity index (χ0v) is 13.8. The average Bonchev–Trinajstić information content (AvgIpc) is 2.56. The van der Waals surface area contributed by atoms with Crippen LogP contribution in [0.2, 0.25) is 5.02 Å². The van der Waals surface area contributed by atoms with Gasteiger partial charge in [-0.1, -0.05) is 11.6 Å². The first-order valence-corrected chi connectivity index (χ1v) is 8.51. The molecular weight excluding hydrogens is 357 g/mol. The zero-order chi connectivity index (χ0) is 17.9. The summed E-state index contributed by atoms with van der Waals surface area (Å²) in [7, 11) is -3.68. The lowest BCUT2D eigenvalue weighted by Crippen LogP contribution is -2.15. The van der Waals surface area contributed by atoms with Gasteiger partial charge in [0, 0.05) is 5.56 Å². The van der Waals surface area contributed by atoms with Gasteiger partial charge in [0.15, 0.2) is 5.69 Å². The van der Waals surface area contributed by atoms with E-state index >= 15 is 0 Å². The molecule has 0 spiro atoms. The summed E-state index contributed by atoms with van der Waals surface area (Å²) in [4.78, 5) is 7.49. The van der Waals surface area contributed by atoms with E-state index in [2.05, 4.69) is 14.7 Å². The van der Waals surface area contributed by atoms with E-state index in [1.54, 1.807) is 12.1 Å². The number of nitrogens with one attached hydrogen (secondary N) is 1.